The molecule has 0 unspecified atom stereocenters. The minimum absolute atomic E-state index is 0.0448. The topological polar surface area (TPSA) is 90.3 Å². The monoisotopic (exact) mass is 449 g/mol. The van der Waals surface area contributed by atoms with Crippen LogP contribution in [0.4, 0.5) is 4.79 Å². The molecule has 0 radical (unpaired) electrons. The Morgan fingerprint density at radius 1 is 1.22 bits per heavy atom. The fourth-order valence-corrected chi connectivity index (χ4v) is 4.37. The highest BCUT2D eigenvalue weighted by Crippen LogP contribution is 2.28. The molecule has 0 aliphatic carbocycles. The molecule has 9 heteroatoms. The first-order valence-electron chi connectivity index (χ1n) is 7.89. The molecular weight excluding hydrogens is 434 g/mol. The highest BCUT2D eigenvalue weighted by atomic mass is 79.9. The van der Waals surface area contributed by atoms with Crippen molar-refractivity contribution in [3.63, 3.8) is 0 Å². The van der Waals surface area contributed by atoms with Crippen LogP contribution in [0.15, 0.2) is 70.4 Å². The molecule has 27 heavy (non-hydrogen) atoms. The van der Waals surface area contributed by atoms with Crippen LogP contribution in [-0.2, 0) is 21.4 Å². The lowest BCUT2D eigenvalue weighted by atomic mass is 10.1. The van der Waals surface area contributed by atoms with E-state index in [1.54, 1.807) is 6.07 Å². The summed E-state index contributed by atoms with van der Waals surface area (Å²) in [6.07, 6.45) is 3.65. The van der Waals surface area contributed by atoms with Gasteiger partial charge in [0.1, 0.15) is 11.5 Å². The normalized spacial score (nSPS) is 11.2. The van der Waals surface area contributed by atoms with Gasteiger partial charge in [0.25, 0.3) is 10.0 Å². The molecule has 3 rings (SSSR count). The van der Waals surface area contributed by atoms with Crippen LogP contribution in [0.3, 0.4) is 0 Å². The number of halogens is 1. The first-order valence-corrected chi connectivity index (χ1v) is 10.1. The van der Waals surface area contributed by atoms with Gasteiger partial charge in [-0.05, 0) is 33.6 Å². The lowest BCUT2D eigenvalue weighted by Gasteiger charge is -2.10. The molecule has 0 fully saturated rings. The molecule has 7 nitrogen and oxygen atoms in total. The van der Waals surface area contributed by atoms with Gasteiger partial charge in [0.05, 0.1) is 5.69 Å². The minimum Gasteiger partial charge on any atom is -0.445 e. The van der Waals surface area contributed by atoms with Gasteiger partial charge >= 0.3 is 6.09 Å². The SMILES string of the molecule is CNC(=O)OCc1cc(-c2ccccc2)n(S(=O)(=O)c2cncc(Br)c2)c1. The van der Waals surface area contributed by atoms with E-state index in [2.05, 4.69) is 26.2 Å². The number of aromatic nitrogens is 2. The number of hydrogen-bond donors (Lipinski definition) is 1. The molecule has 3 aromatic rings. The van der Waals surface area contributed by atoms with E-state index in [1.165, 1.54) is 35.7 Å². The highest BCUT2D eigenvalue weighted by molar-refractivity contribution is 9.10. The van der Waals surface area contributed by atoms with Gasteiger partial charge in [0.2, 0.25) is 0 Å². The second kappa shape index (κ2) is 7.93. The summed E-state index contributed by atoms with van der Waals surface area (Å²) in [5.41, 5.74) is 1.73. The van der Waals surface area contributed by atoms with E-state index in [-0.39, 0.29) is 11.5 Å². The molecule has 0 atom stereocenters. The number of amides is 1. The van der Waals surface area contributed by atoms with Crippen molar-refractivity contribution < 1.29 is 17.9 Å². The number of nitrogens with zero attached hydrogens (tertiary/aromatic N) is 2. The van der Waals surface area contributed by atoms with Crippen molar-refractivity contribution in [3.05, 3.63) is 71.1 Å². The summed E-state index contributed by atoms with van der Waals surface area (Å²) >= 11 is 3.24. The van der Waals surface area contributed by atoms with E-state index < -0.39 is 16.1 Å². The lowest BCUT2D eigenvalue weighted by Crippen LogP contribution is -2.18. The maximum Gasteiger partial charge on any atom is 0.407 e. The molecular formula is C18H16BrN3O4S. The molecule has 2 heterocycles. The highest BCUT2D eigenvalue weighted by Gasteiger charge is 2.23. The summed E-state index contributed by atoms with van der Waals surface area (Å²) in [6.45, 7) is -0.0568. The van der Waals surface area contributed by atoms with Gasteiger partial charge in [-0.1, -0.05) is 30.3 Å². The van der Waals surface area contributed by atoms with Gasteiger partial charge in [0, 0.05) is 35.7 Å². The van der Waals surface area contributed by atoms with E-state index >= 15 is 0 Å². The van der Waals surface area contributed by atoms with Gasteiger partial charge in [-0.15, -0.1) is 0 Å². The summed E-state index contributed by atoms with van der Waals surface area (Å²) < 4.78 is 33.1. The molecule has 0 saturated carbocycles. The predicted molar refractivity (Wildman–Crippen MR) is 104 cm³/mol. The van der Waals surface area contributed by atoms with Gasteiger partial charge in [-0.2, -0.15) is 0 Å². The van der Waals surface area contributed by atoms with Gasteiger partial charge in [-0.3, -0.25) is 4.98 Å². The number of pyridine rings is 1. The molecule has 1 aromatic carbocycles. The number of carbonyl (C=O) groups excluding carboxylic acids is 1. The maximum absolute atomic E-state index is 13.2. The zero-order chi connectivity index (χ0) is 19.4. The number of nitrogens with one attached hydrogen (secondary N) is 1. The smallest absolute Gasteiger partial charge is 0.407 e. The molecule has 0 saturated heterocycles. The number of carbonyl (C=O) groups is 1. The Kier molecular flexibility index (Phi) is 5.62. The van der Waals surface area contributed by atoms with E-state index in [4.69, 9.17) is 4.74 Å². The van der Waals surface area contributed by atoms with Crippen LogP contribution in [0.25, 0.3) is 11.3 Å². The second-order valence-electron chi connectivity index (χ2n) is 5.57. The fraction of sp³-hybridized carbons (Fsp3) is 0.111. The van der Waals surface area contributed by atoms with Crippen LogP contribution < -0.4 is 5.32 Å². The van der Waals surface area contributed by atoms with E-state index in [1.807, 2.05) is 30.3 Å². The van der Waals surface area contributed by atoms with Crippen molar-refractivity contribution in [2.24, 2.45) is 0 Å². The molecule has 0 spiro atoms. The molecule has 0 bridgehead atoms. The van der Waals surface area contributed by atoms with Crippen LogP contribution in [0, 0.1) is 0 Å². The van der Waals surface area contributed by atoms with Crippen LogP contribution in [-0.4, -0.2) is 30.5 Å². The molecule has 0 aliphatic rings. The predicted octanol–water partition coefficient (Wildman–Crippen LogP) is 3.41. The largest absolute Gasteiger partial charge is 0.445 e. The third kappa shape index (κ3) is 4.20. The summed E-state index contributed by atoms with van der Waals surface area (Å²) in [5, 5.41) is 2.35. The summed E-state index contributed by atoms with van der Waals surface area (Å²) in [7, 11) is -2.44. The Balaban J connectivity index is 2.09. The van der Waals surface area contributed by atoms with Crippen molar-refractivity contribution in [1.29, 1.82) is 0 Å². The van der Waals surface area contributed by atoms with Gasteiger partial charge < -0.3 is 10.1 Å². The van der Waals surface area contributed by atoms with Crippen molar-refractivity contribution in [2.75, 3.05) is 7.05 Å². The zero-order valence-corrected chi connectivity index (χ0v) is 16.7. The standard InChI is InChI=1S/C18H16BrN3O4S/c1-20-18(23)26-12-13-7-17(14-5-3-2-4-6-14)22(11-13)27(24,25)16-8-15(19)9-21-10-16/h2-11H,12H2,1H3,(H,20,23). The van der Waals surface area contributed by atoms with Crippen molar-refractivity contribution in [3.8, 4) is 11.3 Å². The minimum atomic E-state index is -3.90. The maximum atomic E-state index is 13.2. The summed E-state index contributed by atoms with van der Waals surface area (Å²) in [5.74, 6) is 0. The third-order valence-corrected chi connectivity index (χ3v) is 5.80. The first-order chi connectivity index (χ1) is 12.9. The number of rotatable bonds is 5. The Morgan fingerprint density at radius 2 is 1.96 bits per heavy atom. The van der Waals surface area contributed by atoms with Crippen molar-refractivity contribution >= 4 is 32.0 Å². The zero-order valence-electron chi connectivity index (χ0n) is 14.3. The Morgan fingerprint density at radius 3 is 2.63 bits per heavy atom. The molecule has 1 N–H and O–H groups in total. The number of hydrogen-bond acceptors (Lipinski definition) is 5. The lowest BCUT2D eigenvalue weighted by molar-refractivity contribution is 0.142. The second-order valence-corrected chi connectivity index (χ2v) is 8.30. The number of ether oxygens (including phenoxy) is 1. The number of alkyl carbamates (subject to hydrolysis) is 1. The van der Waals surface area contributed by atoms with Gasteiger partial charge in [-0.25, -0.2) is 17.2 Å². The Bertz CT molecular complexity index is 1070. The Hall–Kier alpha value is -2.65. The molecule has 0 aliphatic heterocycles. The third-order valence-electron chi connectivity index (χ3n) is 3.72. The summed E-state index contributed by atoms with van der Waals surface area (Å²) in [4.78, 5) is 15.3. The first kappa shape index (κ1) is 19.1. The van der Waals surface area contributed by atoms with Crippen LogP contribution in [0.1, 0.15) is 5.56 Å². The van der Waals surface area contributed by atoms with Gasteiger partial charge in [0.15, 0.2) is 0 Å². The van der Waals surface area contributed by atoms with Crippen molar-refractivity contribution in [1.82, 2.24) is 14.3 Å². The van der Waals surface area contributed by atoms with Crippen LogP contribution in [0.5, 0.6) is 0 Å². The van der Waals surface area contributed by atoms with E-state index in [9.17, 15) is 13.2 Å². The summed E-state index contributed by atoms with van der Waals surface area (Å²) in [6, 6.07) is 12.3. The van der Waals surface area contributed by atoms with Crippen LogP contribution in [0.2, 0.25) is 0 Å². The fourth-order valence-electron chi connectivity index (χ4n) is 2.46. The average Bonchev–Trinajstić information content (AvgIpc) is 3.12. The average molecular weight is 450 g/mol. The van der Waals surface area contributed by atoms with E-state index in [0.29, 0.717) is 15.7 Å². The number of benzene rings is 1. The Labute approximate surface area is 165 Å². The van der Waals surface area contributed by atoms with Crippen molar-refractivity contribution in [2.45, 2.75) is 11.5 Å². The molecule has 1 amide bonds. The van der Waals surface area contributed by atoms with E-state index in [0.717, 1.165) is 5.56 Å². The molecule has 2 aromatic heterocycles. The van der Waals surface area contributed by atoms with Crippen LogP contribution >= 0.6 is 15.9 Å². The molecule has 140 valence electrons. The quantitative estimate of drug-likeness (QED) is 0.644.